The Kier molecular flexibility index (Phi) is 5.11. The van der Waals surface area contributed by atoms with E-state index >= 15 is 0 Å². The summed E-state index contributed by atoms with van der Waals surface area (Å²) < 4.78 is 27.2. The zero-order chi connectivity index (χ0) is 14.4. The average molecular weight is 311 g/mol. The SMILES string of the molecule is CCNc1ccccc1S(=O)(=O)NCCc1nccs1. The highest BCUT2D eigenvalue weighted by molar-refractivity contribution is 7.89. The van der Waals surface area contributed by atoms with Crippen molar-refractivity contribution in [1.29, 1.82) is 0 Å². The predicted octanol–water partition coefficient (Wildman–Crippen LogP) is 2.10. The fourth-order valence-corrected chi connectivity index (χ4v) is 3.62. The summed E-state index contributed by atoms with van der Waals surface area (Å²) in [6, 6.07) is 6.89. The molecular formula is C13H17N3O2S2. The van der Waals surface area contributed by atoms with E-state index in [1.807, 2.05) is 18.4 Å². The smallest absolute Gasteiger partial charge is 0.242 e. The topological polar surface area (TPSA) is 71.1 Å². The van der Waals surface area contributed by atoms with E-state index in [2.05, 4.69) is 15.0 Å². The summed E-state index contributed by atoms with van der Waals surface area (Å²) in [6.45, 7) is 2.95. The van der Waals surface area contributed by atoms with Gasteiger partial charge in [0.25, 0.3) is 0 Å². The molecule has 2 N–H and O–H groups in total. The van der Waals surface area contributed by atoms with Crippen LogP contribution in [0.25, 0.3) is 0 Å². The monoisotopic (exact) mass is 311 g/mol. The van der Waals surface area contributed by atoms with Crippen LogP contribution in [0.4, 0.5) is 5.69 Å². The molecule has 1 heterocycles. The van der Waals surface area contributed by atoms with Gasteiger partial charge in [0.2, 0.25) is 10.0 Å². The molecule has 0 radical (unpaired) electrons. The molecule has 0 unspecified atom stereocenters. The van der Waals surface area contributed by atoms with Gasteiger partial charge < -0.3 is 5.32 Å². The number of sulfonamides is 1. The lowest BCUT2D eigenvalue weighted by Crippen LogP contribution is -2.26. The number of benzene rings is 1. The average Bonchev–Trinajstić information content (AvgIpc) is 2.92. The Morgan fingerprint density at radius 2 is 2.10 bits per heavy atom. The highest BCUT2D eigenvalue weighted by Crippen LogP contribution is 2.20. The van der Waals surface area contributed by atoms with Gasteiger partial charge in [0, 0.05) is 31.1 Å². The van der Waals surface area contributed by atoms with Gasteiger partial charge in [-0.1, -0.05) is 12.1 Å². The summed E-state index contributed by atoms with van der Waals surface area (Å²) in [5.74, 6) is 0. The van der Waals surface area contributed by atoms with Crippen LogP contribution in [0.2, 0.25) is 0 Å². The normalized spacial score (nSPS) is 11.4. The minimum absolute atomic E-state index is 0.279. The third-order valence-electron chi connectivity index (χ3n) is 2.66. The Balaban J connectivity index is 2.06. The lowest BCUT2D eigenvalue weighted by Gasteiger charge is -2.11. The zero-order valence-corrected chi connectivity index (χ0v) is 12.8. The van der Waals surface area contributed by atoms with E-state index < -0.39 is 10.0 Å². The molecule has 0 atom stereocenters. The molecule has 2 aromatic rings. The summed E-state index contributed by atoms with van der Waals surface area (Å²) in [5, 5.41) is 5.86. The van der Waals surface area contributed by atoms with E-state index in [4.69, 9.17) is 0 Å². The van der Waals surface area contributed by atoms with E-state index in [1.54, 1.807) is 24.4 Å². The highest BCUT2D eigenvalue weighted by Gasteiger charge is 2.17. The van der Waals surface area contributed by atoms with Crippen molar-refractivity contribution in [2.75, 3.05) is 18.4 Å². The first-order valence-corrected chi connectivity index (χ1v) is 8.70. The molecule has 0 aliphatic heterocycles. The number of nitrogens with zero attached hydrogens (tertiary/aromatic N) is 1. The van der Waals surface area contributed by atoms with Crippen molar-refractivity contribution in [3.05, 3.63) is 40.8 Å². The van der Waals surface area contributed by atoms with Crippen LogP contribution < -0.4 is 10.0 Å². The molecule has 20 heavy (non-hydrogen) atoms. The van der Waals surface area contributed by atoms with Crippen molar-refractivity contribution in [2.45, 2.75) is 18.2 Å². The number of hydrogen-bond acceptors (Lipinski definition) is 5. The Morgan fingerprint density at radius 3 is 2.80 bits per heavy atom. The molecule has 0 saturated carbocycles. The lowest BCUT2D eigenvalue weighted by molar-refractivity contribution is 0.582. The number of anilines is 1. The second-order valence-electron chi connectivity index (χ2n) is 4.10. The molecule has 0 spiro atoms. The molecule has 1 aromatic heterocycles. The van der Waals surface area contributed by atoms with E-state index in [9.17, 15) is 8.42 Å². The van der Waals surface area contributed by atoms with Crippen LogP contribution in [-0.2, 0) is 16.4 Å². The molecule has 2 rings (SSSR count). The van der Waals surface area contributed by atoms with E-state index in [1.165, 1.54) is 11.3 Å². The molecule has 0 fully saturated rings. The maximum absolute atomic E-state index is 12.3. The third-order valence-corrected chi connectivity index (χ3v) is 5.02. The summed E-state index contributed by atoms with van der Waals surface area (Å²) in [5.41, 5.74) is 0.622. The van der Waals surface area contributed by atoms with Crippen molar-refractivity contribution in [2.24, 2.45) is 0 Å². The summed E-state index contributed by atoms with van der Waals surface area (Å²) >= 11 is 1.52. The highest BCUT2D eigenvalue weighted by atomic mass is 32.2. The second-order valence-corrected chi connectivity index (χ2v) is 6.81. The first-order chi connectivity index (χ1) is 9.63. The number of nitrogens with one attached hydrogen (secondary N) is 2. The lowest BCUT2D eigenvalue weighted by atomic mass is 10.3. The number of para-hydroxylation sites is 1. The van der Waals surface area contributed by atoms with Crippen molar-refractivity contribution in [3.63, 3.8) is 0 Å². The zero-order valence-electron chi connectivity index (χ0n) is 11.2. The molecule has 1 aromatic carbocycles. The summed E-state index contributed by atoms with van der Waals surface area (Å²) in [6.07, 6.45) is 2.31. The van der Waals surface area contributed by atoms with Gasteiger partial charge in [-0.2, -0.15) is 0 Å². The van der Waals surface area contributed by atoms with Crippen molar-refractivity contribution in [3.8, 4) is 0 Å². The second kappa shape index (κ2) is 6.83. The molecule has 5 nitrogen and oxygen atoms in total. The fraction of sp³-hybridized carbons (Fsp3) is 0.308. The summed E-state index contributed by atoms with van der Waals surface area (Å²) in [4.78, 5) is 4.41. The Labute approximate surface area is 123 Å². The molecule has 0 aliphatic rings. The molecule has 0 aliphatic carbocycles. The maximum atomic E-state index is 12.3. The van der Waals surface area contributed by atoms with Crippen molar-refractivity contribution in [1.82, 2.24) is 9.71 Å². The van der Waals surface area contributed by atoms with Gasteiger partial charge in [-0.15, -0.1) is 11.3 Å². The van der Waals surface area contributed by atoms with Gasteiger partial charge in [-0.25, -0.2) is 18.1 Å². The first kappa shape index (κ1) is 15.0. The van der Waals surface area contributed by atoms with Gasteiger partial charge in [-0.3, -0.25) is 0 Å². The Morgan fingerprint density at radius 1 is 1.30 bits per heavy atom. The van der Waals surface area contributed by atoms with Crippen LogP contribution in [0, 0.1) is 0 Å². The van der Waals surface area contributed by atoms with Gasteiger partial charge in [0.1, 0.15) is 4.90 Å². The fourth-order valence-electron chi connectivity index (χ4n) is 1.78. The Hall–Kier alpha value is -1.44. The molecule has 0 bridgehead atoms. The van der Waals surface area contributed by atoms with E-state index in [0.717, 1.165) is 5.01 Å². The van der Waals surface area contributed by atoms with Crippen molar-refractivity contribution < 1.29 is 8.42 Å². The van der Waals surface area contributed by atoms with Crippen LogP contribution in [0.15, 0.2) is 40.7 Å². The number of thiazole rings is 1. The molecule has 7 heteroatoms. The molecular weight excluding hydrogens is 294 g/mol. The standard InChI is InChI=1S/C13H17N3O2S2/c1-2-14-11-5-3-4-6-12(11)20(17,18)16-8-7-13-15-9-10-19-13/h3-6,9-10,14,16H,2,7-8H2,1H3. The Bertz CT molecular complexity index is 639. The predicted molar refractivity (Wildman–Crippen MR) is 81.6 cm³/mol. The quantitative estimate of drug-likeness (QED) is 0.821. The number of hydrogen-bond donors (Lipinski definition) is 2. The largest absolute Gasteiger partial charge is 0.384 e. The minimum Gasteiger partial charge on any atom is -0.384 e. The molecule has 0 amide bonds. The van der Waals surface area contributed by atoms with Crippen LogP contribution in [-0.4, -0.2) is 26.5 Å². The number of aromatic nitrogens is 1. The molecule has 0 saturated heterocycles. The van der Waals surface area contributed by atoms with Gasteiger partial charge >= 0.3 is 0 Å². The van der Waals surface area contributed by atoms with Crippen LogP contribution in [0.3, 0.4) is 0 Å². The first-order valence-electron chi connectivity index (χ1n) is 6.34. The van der Waals surface area contributed by atoms with Crippen LogP contribution in [0.1, 0.15) is 11.9 Å². The van der Waals surface area contributed by atoms with Gasteiger partial charge in [-0.05, 0) is 19.1 Å². The maximum Gasteiger partial charge on any atom is 0.242 e. The molecule has 108 valence electrons. The number of rotatable bonds is 7. The van der Waals surface area contributed by atoms with Gasteiger partial charge in [0.05, 0.1) is 10.7 Å². The third kappa shape index (κ3) is 3.78. The summed E-state index contributed by atoms with van der Waals surface area (Å²) in [7, 11) is -3.50. The van der Waals surface area contributed by atoms with Crippen LogP contribution >= 0.6 is 11.3 Å². The van der Waals surface area contributed by atoms with Gasteiger partial charge in [0.15, 0.2) is 0 Å². The van der Waals surface area contributed by atoms with Crippen LogP contribution in [0.5, 0.6) is 0 Å². The van der Waals surface area contributed by atoms with Crippen molar-refractivity contribution >= 4 is 27.0 Å². The van der Waals surface area contributed by atoms with E-state index in [-0.39, 0.29) is 4.90 Å². The minimum atomic E-state index is -3.50. The van der Waals surface area contributed by atoms with E-state index in [0.29, 0.717) is 25.2 Å².